The van der Waals surface area contributed by atoms with Gasteiger partial charge in [-0.05, 0) is 49.8 Å². The highest BCUT2D eigenvalue weighted by atomic mass is 35.5. The summed E-state index contributed by atoms with van der Waals surface area (Å²) < 4.78 is 1.70. The average Bonchev–Trinajstić information content (AvgIpc) is 3.43. The van der Waals surface area contributed by atoms with E-state index in [2.05, 4.69) is 37.3 Å². The van der Waals surface area contributed by atoms with Crippen LogP contribution in [0.15, 0.2) is 88.9 Å². The van der Waals surface area contributed by atoms with Gasteiger partial charge in [-0.3, -0.25) is 14.2 Å². The quantitative estimate of drug-likeness (QED) is 0.260. The number of nitrogens with one attached hydrogen (secondary N) is 2. The first-order valence-electron chi connectivity index (χ1n) is 13.9. The molecule has 0 bridgehead atoms. The van der Waals surface area contributed by atoms with E-state index in [0.717, 1.165) is 31.6 Å². The van der Waals surface area contributed by atoms with Gasteiger partial charge < -0.3 is 15.2 Å². The highest BCUT2D eigenvalue weighted by Crippen LogP contribution is 2.40. The largest absolute Gasteiger partial charge is 0.370 e. The first-order chi connectivity index (χ1) is 20.0. The summed E-state index contributed by atoms with van der Waals surface area (Å²) in [4.78, 5) is 41.2. The van der Waals surface area contributed by atoms with Crippen molar-refractivity contribution in [2.45, 2.75) is 25.8 Å². The van der Waals surface area contributed by atoms with Crippen molar-refractivity contribution in [1.82, 2.24) is 19.5 Å². The summed E-state index contributed by atoms with van der Waals surface area (Å²) in [7, 11) is 0. The van der Waals surface area contributed by atoms with Crippen LogP contribution in [0.25, 0.3) is 27.5 Å². The Morgan fingerprint density at radius 3 is 2.46 bits per heavy atom. The van der Waals surface area contributed by atoms with Crippen LogP contribution in [0.3, 0.4) is 0 Å². The summed E-state index contributed by atoms with van der Waals surface area (Å²) in [6.45, 7) is 3.76. The topological polar surface area (TPSA) is 95.9 Å². The van der Waals surface area contributed by atoms with E-state index in [4.69, 9.17) is 11.6 Å². The number of fused-ring (bicyclic) bond motifs is 3. The average molecular weight is 565 g/mol. The third-order valence-electron chi connectivity index (χ3n) is 8.45. The van der Waals surface area contributed by atoms with Gasteiger partial charge in [-0.1, -0.05) is 54.1 Å². The van der Waals surface area contributed by atoms with Crippen molar-refractivity contribution >= 4 is 44.9 Å². The molecule has 3 aromatic heterocycles. The van der Waals surface area contributed by atoms with Gasteiger partial charge in [0.1, 0.15) is 23.2 Å². The second-order valence-corrected chi connectivity index (χ2v) is 11.3. The number of anilines is 2. The molecule has 2 N–H and O–H groups in total. The number of nitrogens with zero attached hydrogens (tertiary/aromatic N) is 4. The van der Waals surface area contributed by atoms with Crippen LogP contribution in [0.5, 0.6) is 0 Å². The van der Waals surface area contributed by atoms with Crippen LogP contribution in [0.2, 0.25) is 5.02 Å². The van der Waals surface area contributed by atoms with E-state index in [-0.39, 0.29) is 11.0 Å². The van der Waals surface area contributed by atoms with E-state index in [9.17, 15) is 9.59 Å². The highest BCUT2D eigenvalue weighted by Gasteiger charge is 2.34. The molecule has 4 heterocycles. The summed E-state index contributed by atoms with van der Waals surface area (Å²) in [5.41, 5.74) is 2.32. The lowest BCUT2D eigenvalue weighted by atomic mass is 9.86. The molecule has 0 spiro atoms. The van der Waals surface area contributed by atoms with Crippen molar-refractivity contribution in [2.75, 3.05) is 23.3 Å². The molecule has 9 heteroatoms. The van der Waals surface area contributed by atoms with Gasteiger partial charge in [0.15, 0.2) is 5.43 Å². The van der Waals surface area contributed by atoms with Gasteiger partial charge >= 0.3 is 0 Å². The molecule has 41 heavy (non-hydrogen) atoms. The molecule has 2 unspecified atom stereocenters. The van der Waals surface area contributed by atoms with Gasteiger partial charge in [0.2, 0.25) is 0 Å². The van der Waals surface area contributed by atoms with E-state index in [1.165, 1.54) is 12.4 Å². The predicted octanol–water partition coefficient (Wildman–Crippen LogP) is 5.85. The third kappa shape index (κ3) is 4.30. The zero-order valence-corrected chi connectivity index (χ0v) is 23.3. The van der Waals surface area contributed by atoms with E-state index in [0.29, 0.717) is 55.9 Å². The maximum atomic E-state index is 14.6. The second-order valence-electron chi connectivity index (χ2n) is 10.9. The van der Waals surface area contributed by atoms with Gasteiger partial charge in [-0.15, -0.1) is 0 Å². The van der Waals surface area contributed by atoms with Gasteiger partial charge in [-0.2, -0.15) is 0 Å². The fourth-order valence-electron chi connectivity index (χ4n) is 6.49. The number of para-hydroxylation sites is 1. The van der Waals surface area contributed by atoms with E-state index in [1.807, 2.05) is 55.5 Å². The lowest BCUT2D eigenvalue weighted by Gasteiger charge is -2.26. The summed E-state index contributed by atoms with van der Waals surface area (Å²) in [6, 6.07) is 16.4. The number of aromatic amines is 1. The Balaban J connectivity index is 1.41. The smallest absolute Gasteiger partial charge is 0.265 e. The second kappa shape index (κ2) is 10.2. The number of rotatable bonds is 5. The minimum atomic E-state index is -0.484. The summed E-state index contributed by atoms with van der Waals surface area (Å²) in [6.07, 6.45) is 9.67. The maximum Gasteiger partial charge on any atom is 0.265 e. The Bertz CT molecular complexity index is 1910. The number of H-pyrrole nitrogens is 1. The van der Waals surface area contributed by atoms with Crippen LogP contribution in [-0.2, 0) is 0 Å². The maximum absolute atomic E-state index is 14.6. The molecule has 0 amide bonds. The highest BCUT2D eigenvalue weighted by molar-refractivity contribution is 6.36. The minimum Gasteiger partial charge on any atom is -0.370 e. The number of allylic oxidation sites excluding steroid dienone is 2. The van der Waals surface area contributed by atoms with Crippen molar-refractivity contribution in [1.29, 1.82) is 0 Å². The monoisotopic (exact) mass is 564 g/mol. The molecule has 8 nitrogen and oxygen atoms in total. The Morgan fingerprint density at radius 1 is 0.951 bits per heavy atom. The zero-order valence-electron chi connectivity index (χ0n) is 22.5. The van der Waals surface area contributed by atoms with E-state index in [1.54, 1.807) is 10.8 Å². The molecule has 7 rings (SSSR count). The number of pyridine rings is 2. The lowest BCUT2D eigenvalue weighted by Crippen LogP contribution is -2.29. The van der Waals surface area contributed by atoms with Gasteiger partial charge in [0.25, 0.3) is 5.56 Å². The minimum absolute atomic E-state index is 0.131. The van der Waals surface area contributed by atoms with Crippen molar-refractivity contribution in [3.05, 3.63) is 111 Å². The van der Waals surface area contributed by atoms with Crippen molar-refractivity contribution in [3.8, 4) is 5.69 Å². The predicted molar refractivity (Wildman–Crippen MR) is 164 cm³/mol. The zero-order chi connectivity index (χ0) is 28.1. The molecule has 1 fully saturated rings. The number of hydrogen-bond acceptors (Lipinski definition) is 6. The summed E-state index contributed by atoms with van der Waals surface area (Å²) in [5, 5.41) is 5.51. The molecule has 3 atom stereocenters. The van der Waals surface area contributed by atoms with Crippen LogP contribution < -0.4 is 21.2 Å². The van der Waals surface area contributed by atoms with Crippen LogP contribution in [-0.4, -0.2) is 32.6 Å². The van der Waals surface area contributed by atoms with Crippen LogP contribution in [0.4, 0.5) is 11.5 Å². The number of aromatic nitrogens is 4. The normalized spacial score (nSPS) is 19.0. The Labute approximate surface area is 241 Å². The third-order valence-corrected chi connectivity index (χ3v) is 8.85. The summed E-state index contributed by atoms with van der Waals surface area (Å²) >= 11 is 7.25. The molecule has 5 aromatic rings. The van der Waals surface area contributed by atoms with Gasteiger partial charge in [0, 0.05) is 36.4 Å². The van der Waals surface area contributed by atoms with E-state index < -0.39 is 6.04 Å². The molecule has 2 aliphatic rings. The Hall–Kier alpha value is -4.43. The van der Waals surface area contributed by atoms with Gasteiger partial charge in [0.05, 0.1) is 27.8 Å². The van der Waals surface area contributed by atoms with Crippen molar-refractivity contribution in [3.63, 3.8) is 0 Å². The van der Waals surface area contributed by atoms with Gasteiger partial charge in [-0.25, -0.2) is 9.97 Å². The SMILES string of the molecule is C[C@H](Nc1ncnc2[nH]ccc(=O)c12)c1c(Cl)c2cccc(N3CC4CC=CCC4C3)c2c(=O)n1-c1ccccc1. The van der Waals surface area contributed by atoms with Crippen LogP contribution in [0.1, 0.15) is 31.5 Å². The number of benzene rings is 2. The standard InChI is InChI=1S/C32H29ClN6O2/c1-19(37-31-27-25(40)14-15-34-30(27)35-18-36-31)29-28(33)23-12-7-13-24(38-16-20-8-5-6-9-21(20)17-38)26(23)32(41)39(29)22-10-3-2-4-11-22/h2-7,10-15,18-21H,8-9,16-17H2,1H3,(H2,34,35,36,37,40)/t19-,20?,21?/m0/s1. The number of halogens is 1. The first kappa shape index (κ1) is 25.5. The molecule has 0 saturated carbocycles. The van der Waals surface area contributed by atoms with E-state index >= 15 is 0 Å². The molecular formula is C32H29ClN6O2. The molecule has 0 radical (unpaired) electrons. The fraction of sp³-hybridized carbons (Fsp3) is 0.250. The fourth-order valence-corrected chi connectivity index (χ4v) is 6.89. The number of hydrogen-bond donors (Lipinski definition) is 2. The summed E-state index contributed by atoms with van der Waals surface area (Å²) in [5.74, 6) is 1.56. The Kier molecular flexibility index (Phi) is 6.35. The molecule has 2 aromatic carbocycles. The van der Waals surface area contributed by atoms with Crippen LogP contribution >= 0.6 is 11.6 Å². The lowest BCUT2D eigenvalue weighted by molar-refractivity contribution is 0.411. The Morgan fingerprint density at radius 2 is 1.71 bits per heavy atom. The van der Waals surface area contributed by atoms with Crippen molar-refractivity contribution < 1.29 is 0 Å². The molecule has 1 saturated heterocycles. The molecular weight excluding hydrogens is 536 g/mol. The molecule has 1 aliphatic carbocycles. The molecule has 206 valence electrons. The first-order valence-corrected chi connectivity index (χ1v) is 14.3. The van der Waals surface area contributed by atoms with Crippen molar-refractivity contribution in [2.24, 2.45) is 11.8 Å². The molecule has 1 aliphatic heterocycles. The van der Waals surface area contributed by atoms with Crippen LogP contribution in [0, 0.1) is 11.8 Å².